The molecule has 5 amide bonds. The van der Waals surface area contributed by atoms with Gasteiger partial charge in [-0.05, 0) is 87.5 Å². The van der Waals surface area contributed by atoms with Crippen LogP contribution in [-0.4, -0.2) is 105 Å². The molecule has 0 radical (unpaired) electrons. The molecule has 19 heteroatoms. The molecule has 4 N–H and O–H groups in total. The second-order valence-corrected chi connectivity index (χ2v) is 19.1. The molecule has 344 valence electrons. The Bertz CT molecular complexity index is 2410. The van der Waals surface area contributed by atoms with E-state index >= 15 is 4.39 Å². The van der Waals surface area contributed by atoms with Crippen LogP contribution in [0.2, 0.25) is 0 Å². The third-order valence-corrected chi connectivity index (χ3v) is 13.8. The average molecular weight is 929 g/mol. The van der Waals surface area contributed by atoms with E-state index in [4.69, 9.17) is 7.48 Å². The Balaban J connectivity index is 0.848. The molecule has 0 bridgehead atoms. The lowest BCUT2D eigenvalue weighted by Crippen LogP contribution is -2.48. The number of amides is 5. The molecule has 4 aromatic rings. The van der Waals surface area contributed by atoms with Crippen molar-refractivity contribution in [1.29, 1.82) is 0 Å². The zero-order valence-corrected chi connectivity index (χ0v) is 38.4. The molecule has 6 rings (SSSR count). The zero-order valence-electron chi connectivity index (χ0n) is 38.8. The van der Waals surface area contributed by atoms with Crippen LogP contribution in [0, 0.1) is 11.7 Å². The van der Waals surface area contributed by atoms with Crippen molar-refractivity contribution in [3.8, 4) is 6.01 Å². The summed E-state index contributed by atoms with van der Waals surface area (Å²) in [6.07, 6.45) is 5.95. The van der Waals surface area contributed by atoms with Gasteiger partial charge in [0.15, 0.2) is 0 Å². The maximum absolute atomic E-state index is 15.0. The minimum Gasteiger partial charge on any atom is -0.463 e. The van der Waals surface area contributed by atoms with Gasteiger partial charge >= 0.3 is 6.01 Å². The van der Waals surface area contributed by atoms with Crippen molar-refractivity contribution in [2.75, 3.05) is 55.8 Å². The number of nitrogens with one attached hydrogen (secondary N) is 4. The number of benzene rings is 2. The molecule has 1 aliphatic heterocycles. The second kappa shape index (κ2) is 23.2. The van der Waals surface area contributed by atoms with Gasteiger partial charge in [0.1, 0.15) is 5.82 Å². The van der Waals surface area contributed by atoms with Crippen molar-refractivity contribution < 1.29 is 35.8 Å². The minimum absolute atomic E-state index is 0.0629. The maximum Gasteiger partial charge on any atom is 0.316 e. The van der Waals surface area contributed by atoms with E-state index in [1.54, 1.807) is 84.6 Å². The third-order valence-electron chi connectivity index (χ3n) is 10.5. The third kappa shape index (κ3) is 14.7. The molecule has 0 spiro atoms. The molecule has 16 nitrogen and oxygen atoms in total. The largest absolute Gasteiger partial charge is 0.463 e. The lowest BCUT2D eigenvalue weighted by atomic mass is 10.1. The van der Waals surface area contributed by atoms with Crippen molar-refractivity contribution >= 4 is 68.2 Å². The number of anilines is 2. The standard InChI is InChI=1S/C46H55FN10O6S2/c1-30(34-28-51-45(52-29-34)63-21-6-8-40(58)48-4)54-55-41(59)25-46(2,3)65-64-22-15-42(60)57-19-17-56(18-20-57)36-13-10-31(11-14-36)43(61)50-27-33-9-12-35(23-39(33)47)53-44(62)38-24-37(38)32-7-5-16-49-26-32/h5,7,9-14,16,23,26,28-29,37-38H,6,8,15,17-22,24-25,27H2,1-4H3,(H,48,58)(H,50,61)(H,53,62)(H,55,59)/b54-30+/t37-,38+/m1/s1/i24D2. The molecule has 2 aliphatic rings. The molecule has 2 aromatic heterocycles. The van der Waals surface area contributed by atoms with E-state index in [9.17, 15) is 24.0 Å². The summed E-state index contributed by atoms with van der Waals surface area (Å²) in [5.41, 5.74) is 6.11. The van der Waals surface area contributed by atoms with E-state index in [2.05, 4.69) is 46.3 Å². The highest BCUT2D eigenvalue weighted by Gasteiger charge is 2.44. The smallest absolute Gasteiger partial charge is 0.316 e. The predicted octanol–water partition coefficient (Wildman–Crippen LogP) is 5.72. The molecule has 1 saturated carbocycles. The molecular formula is C46H55FN10O6S2. The first kappa shape index (κ1) is 45.5. The summed E-state index contributed by atoms with van der Waals surface area (Å²) in [6.45, 7) is 8.28. The SMILES string of the molecule is [2H]C1([2H])[C@H](C(=O)Nc2ccc(CNC(=O)c3ccc(N4CCN(C(=O)CCSSC(C)(C)CC(=O)N/N=C(\C)c5cnc(OCCCC(=O)NC)nc5)CC4)cc3)c(F)c2)[C@H]1c1cccnc1. The fourth-order valence-corrected chi connectivity index (χ4v) is 9.25. The van der Waals surface area contributed by atoms with Crippen LogP contribution < -0.4 is 31.0 Å². The number of hydrazone groups is 1. The molecule has 65 heavy (non-hydrogen) atoms. The molecular weight excluding hydrogens is 872 g/mol. The summed E-state index contributed by atoms with van der Waals surface area (Å²) in [6, 6.07) is 14.9. The van der Waals surface area contributed by atoms with Gasteiger partial charge in [0, 0.05) is 131 Å². The normalized spacial score (nSPS) is 17.3. The maximum atomic E-state index is 15.0. The molecule has 1 aliphatic carbocycles. The van der Waals surface area contributed by atoms with Gasteiger partial charge in [-0.25, -0.2) is 19.8 Å². The van der Waals surface area contributed by atoms with E-state index in [-0.39, 0.29) is 53.9 Å². The Morgan fingerprint density at radius 1 is 0.969 bits per heavy atom. The van der Waals surface area contributed by atoms with Crippen LogP contribution in [0.3, 0.4) is 0 Å². The van der Waals surface area contributed by atoms with Gasteiger partial charge in [-0.2, -0.15) is 5.10 Å². The molecule has 1 saturated heterocycles. The van der Waals surface area contributed by atoms with E-state index in [1.807, 2.05) is 30.9 Å². The Morgan fingerprint density at radius 3 is 2.42 bits per heavy atom. The highest BCUT2D eigenvalue weighted by molar-refractivity contribution is 8.77. The van der Waals surface area contributed by atoms with Crippen molar-refractivity contribution in [3.05, 3.63) is 107 Å². The Labute approximate surface area is 389 Å². The summed E-state index contributed by atoms with van der Waals surface area (Å²) >= 11 is 0. The summed E-state index contributed by atoms with van der Waals surface area (Å²) in [5, 5.41) is 12.1. The monoisotopic (exact) mass is 928 g/mol. The highest BCUT2D eigenvalue weighted by atomic mass is 33.1. The van der Waals surface area contributed by atoms with E-state index < -0.39 is 34.7 Å². The summed E-state index contributed by atoms with van der Waals surface area (Å²) in [5.74, 6) is -2.75. The molecule has 3 heterocycles. The molecule has 2 aromatic carbocycles. The van der Waals surface area contributed by atoms with Crippen LogP contribution in [0.1, 0.15) is 88.5 Å². The number of ether oxygens (including phenoxy) is 1. The number of carbonyl (C=O) groups excluding carboxylic acids is 5. The van der Waals surface area contributed by atoms with Crippen molar-refractivity contribution in [3.63, 3.8) is 0 Å². The van der Waals surface area contributed by atoms with Crippen molar-refractivity contribution in [2.24, 2.45) is 11.0 Å². The van der Waals surface area contributed by atoms with Gasteiger partial charge in [0.25, 0.3) is 5.91 Å². The highest BCUT2D eigenvalue weighted by Crippen LogP contribution is 2.47. The lowest BCUT2D eigenvalue weighted by Gasteiger charge is -2.36. The first-order valence-corrected chi connectivity index (χ1v) is 23.6. The van der Waals surface area contributed by atoms with Gasteiger partial charge in [0.05, 0.1) is 12.3 Å². The van der Waals surface area contributed by atoms with Crippen LogP contribution in [0.5, 0.6) is 6.01 Å². The number of halogens is 1. The number of pyridine rings is 1. The van der Waals surface area contributed by atoms with Crippen molar-refractivity contribution in [2.45, 2.75) is 70.0 Å². The van der Waals surface area contributed by atoms with E-state index in [0.29, 0.717) is 80.2 Å². The number of aromatic nitrogens is 3. The average Bonchev–Trinajstić information content (AvgIpc) is 3.92. The van der Waals surface area contributed by atoms with Crippen LogP contribution >= 0.6 is 21.6 Å². The fraction of sp³-hybridized carbons (Fsp3) is 0.413. The predicted molar refractivity (Wildman–Crippen MR) is 251 cm³/mol. The van der Waals surface area contributed by atoms with Crippen LogP contribution in [0.15, 0.2) is 84.5 Å². The van der Waals surface area contributed by atoms with E-state index in [1.165, 1.54) is 12.1 Å². The van der Waals surface area contributed by atoms with Gasteiger partial charge in [-0.3, -0.25) is 29.0 Å². The molecule has 2 fully saturated rings. The summed E-state index contributed by atoms with van der Waals surface area (Å²) in [7, 11) is 4.68. The number of piperazine rings is 1. The first-order chi connectivity index (χ1) is 32.0. The molecule has 2 atom stereocenters. The number of rotatable bonds is 21. The summed E-state index contributed by atoms with van der Waals surface area (Å²) in [4.78, 5) is 79.3. The summed E-state index contributed by atoms with van der Waals surface area (Å²) < 4.78 is 36.6. The van der Waals surface area contributed by atoms with Gasteiger partial charge < -0.3 is 30.5 Å². The van der Waals surface area contributed by atoms with E-state index in [0.717, 1.165) is 11.8 Å². The number of nitrogens with zero attached hydrogens (tertiary/aromatic N) is 6. The number of carbonyl (C=O) groups is 5. The van der Waals surface area contributed by atoms with Gasteiger partial charge in [0.2, 0.25) is 23.6 Å². The first-order valence-electron chi connectivity index (χ1n) is 22.2. The Hall–Kier alpha value is -6.08. The second-order valence-electron chi connectivity index (χ2n) is 16.0. The van der Waals surface area contributed by atoms with Crippen LogP contribution in [-0.2, 0) is 25.7 Å². The quantitative estimate of drug-likeness (QED) is 0.0344. The van der Waals surface area contributed by atoms with Crippen LogP contribution in [0.25, 0.3) is 0 Å². The Morgan fingerprint density at radius 2 is 1.72 bits per heavy atom. The Kier molecular flexibility index (Phi) is 16.2. The number of hydrogen-bond donors (Lipinski definition) is 4. The van der Waals surface area contributed by atoms with Gasteiger partial charge in [-0.1, -0.05) is 33.7 Å². The lowest BCUT2D eigenvalue weighted by molar-refractivity contribution is -0.131. The number of hydrogen-bond acceptors (Lipinski definition) is 13. The van der Waals surface area contributed by atoms with Crippen molar-refractivity contribution in [1.82, 2.24) is 35.9 Å². The topological polar surface area (TPSA) is 200 Å². The minimum atomic E-state index is -1.74. The van der Waals surface area contributed by atoms with Crippen LogP contribution in [0.4, 0.5) is 15.8 Å². The zero-order chi connectivity index (χ0) is 48.1. The molecule has 0 unspecified atom stereocenters. The fourth-order valence-electron chi connectivity index (χ4n) is 6.77. The van der Waals surface area contributed by atoms with Gasteiger partial charge in [-0.15, -0.1) is 0 Å².